The van der Waals surface area contributed by atoms with E-state index in [1.165, 1.54) is 37.9 Å². The number of nitrogens with one attached hydrogen (secondary N) is 1. The third-order valence-electron chi connectivity index (χ3n) is 4.13. The van der Waals surface area contributed by atoms with Crippen molar-refractivity contribution in [3.8, 4) is 0 Å². The predicted octanol–water partition coefficient (Wildman–Crippen LogP) is 3.96. The van der Waals surface area contributed by atoms with Crippen LogP contribution in [0.25, 0.3) is 0 Å². The number of nitrogens with zero attached hydrogens (tertiary/aromatic N) is 1. The normalized spacial score (nSPS) is 15.5. The Labute approximate surface area is 145 Å². The Morgan fingerprint density at radius 1 is 1.04 bits per heavy atom. The molecule has 0 radical (unpaired) electrons. The Hall–Kier alpha value is -1.59. The lowest BCUT2D eigenvalue weighted by molar-refractivity contribution is 0.0922. The van der Waals surface area contributed by atoms with Crippen molar-refractivity contribution in [1.82, 2.24) is 10.2 Å². The molecule has 0 unspecified atom stereocenters. The minimum absolute atomic E-state index is 0.201. The minimum atomic E-state index is -0.201. The van der Waals surface area contributed by atoms with Gasteiger partial charge in [0.1, 0.15) is 0 Å². The molecule has 2 aromatic rings. The molecule has 5 heteroatoms. The summed E-state index contributed by atoms with van der Waals surface area (Å²) in [4.78, 5) is 14.4. The minimum Gasteiger partial charge on any atom is -0.444 e. The number of benzene rings is 1. The largest absolute Gasteiger partial charge is 0.444 e. The Morgan fingerprint density at radius 2 is 1.74 bits per heavy atom. The lowest BCUT2D eigenvalue weighted by atomic mass is 10.1. The van der Waals surface area contributed by atoms with Crippen molar-refractivity contribution in [3.05, 3.63) is 58.0 Å². The van der Waals surface area contributed by atoms with Crippen molar-refractivity contribution in [2.24, 2.45) is 0 Å². The van der Waals surface area contributed by atoms with E-state index >= 15 is 0 Å². The molecule has 23 heavy (non-hydrogen) atoms. The molecule has 0 atom stereocenters. The number of carbonyl (C=O) groups excluding carboxylic acids is 1. The second-order valence-electron chi connectivity index (χ2n) is 5.94. The van der Waals surface area contributed by atoms with Crippen LogP contribution in [0.2, 0.25) is 0 Å². The second-order valence-corrected chi connectivity index (χ2v) is 6.72. The smallest absolute Gasteiger partial charge is 0.287 e. The van der Waals surface area contributed by atoms with Crippen molar-refractivity contribution in [2.75, 3.05) is 13.1 Å². The number of halogens is 1. The number of hydrogen-bond donors (Lipinski definition) is 1. The van der Waals surface area contributed by atoms with Gasteiger partial charge in [0.15, 0.2) is 10.4 Å². The molecule has 1 amide bonds. The van der Waals surface area contributed by atoms with Gasteiger partial charge in [0.25, 0.3) is 5.91 Å². The predicted molar refractivity (Wildman–Crippen MR) is 93.1 cm³/mol. The zero-order chi connectivity index (χ0) is 16.1. The first-order valence-electron chi connectivity index (χ1n) is 8.04. The summed E-state index contributed by atoms with van der Waals surface area (Å²) in [6.45, 7) is 3.93. The molecule has 0 aliphatic carbocycles. The molecule has 1 aromatic heterocycles. The molecule has 2 heterocycles. The van der Waals surface area contributed by atoms with E-state index in [-0.39, 0.29) is 5.91 Å². The monoisotopic (exact) mass is 376 g/mol. The first-order valence-corrected chi connectivity index (χ1v) is 8.84. The van der Waals surface area contributed by atoms with E-state index in [0.717, 1.165) is 12.1 Å². The number of carbonyl (C=O) groups is 1. The number of rotatable bonds is 5. The van der Waals surface area contributed by atoms with Gasteiger partial charge in [0.2, 0.25) is 0 Å². The summed E-state index contributed by atoms with van der Waals surface area (Å²) in [5.74, 6) is 0.117. The van der Waals surface area contributed by atoms with Crippen molar-refractivity contribution in [2.45, 2.75) is 32.4 Å². The molecule has 1 fully saturated rings. The van der Waals surface area contributed by atoms with Crippen LogP contribution in [-0.4, -0.2) is 23.9 Å². The fourth-order valence-corrected chi connectivity index (χ4v) is 3.15. The SMILES string of the molecule is O=C(NCc1ccc(CN2CCCCC2)cc1)c1ccc(Br)o1. The molecule has 0 bridgehead atoms. The Morgan fingerprint density at radius 3 is 2.39 bits per heavy atom. The van der Waals surface area contributed by atoms with Crippen molar-refractivity contribution >= 4 is 21.8 Å². The molecule has 0 spiro atoms. The van der Waals surface area contributed by atoms with Gasteiger partial charge >= 0.3 is 0 Å². The number of furan rings is 1. The first-order chi connectivity index (χ1) is 11.2. The first kappa shape index (κ1) is 16.3. The van der Waals surface area contributed by atoms with Gasteiger partial charge in [-0.2, -0.15) is 0 Å². The van der Waals surface area contributed by atoms with Gasteiger partial charge in [0.05, 0.1) is 0 Å². The Kier molecular flexibility index (Phi) is 5.51. The van der Waals surface area contributed by atoms with Gasteiger partial charge in [-0.1, -0.05) is 30.7 Å². The van der Waals surface area contributed by atoms with Crippen LogP contribution in [0.4, 0.5) is 0 Å². The lowest BCUT2D eigenvalue weighted by Crippen LogP contribution is -2.29. The summed E-state index contributed by atoms with van der Waals surface area (Å²) in [7, 11) is 0. The summed E-state index contributed by atoms with van der Waals surface area (Å²) >= 11 is 3.19. The van der Waals surface area contributed by atoms with Crippen molar-refractivity contribution in [3.63, 3.8) is 0 Å². The maximum absolute atomic E-state index is 11.9. The summed E-state index contributed by atoms with van der Waals surface area (Å²) in [5, 5.41) is 2.87. The summed E-state index contributed by atoms with van der Waals surface area (Å²) in [6.07, 6.45) is 3.99. The highest BCUT2D eigenvalue weighted by Crippen LogP contribution is 2.15. The highest BCUT2D eigenvalue weighted by Gasteiger charge is 2.11. The summed E-state index contributed by atoms with van der Waals surface area (Å²) < 4.78 is 5.80. The molecule has 0 saturated carbocycles. The molecular weight excluding hydrogens is 356 g/mol. The van der Waals surface area contributed by atoms with Gasteiger partial charge in [-0.3, -0.25) is 9.69 Å². The van der Waals surface area contributed by atoms with Gasteiger partial charge in [-0.25, -0.2) is 0 Å². The zero-order valence-electron chi connectivity index (χ0n) is 13.1. The second kappa shape index (κ2) is 7.79. The zero-order valence-corrected chi connectivity index (χ0v) is 14.6. The molecule has 1 N–H and O–H groups in total. The van der Waals surface area contributed by atoms with E-state index in [0.29, 0.717) is 17.0 Å². The van der Waals surface area contributed by atoms with Crippen LogP contribution < -0.4 is 5.32 Å². The fraction of sp³-hybridized carbons (Fsp3) is 0.389. The van der Waals surface area contributed by atoms with E-state index in [4.69, 9.17) is 4.42 Å². The van der Waals surface area contributed by atoms with Gasteiger partial charge in [-0.15, -0.1) is 0 Å². The fourth-order valence-electron chi connectivity index (χ4n) is 2.84. The van der Waals surface area contributed by atoms with Crippen LogP contribution in [-0.2, 0) is 13.1 Å². The highest BCUT2D eigenvalue weighted by molar-refractivity contribution is 9.10. The number of amides is 1. The van der Waals surface area contributed by atoms with E-state index in [2.05, 4.69) is 50.4 Å². The molecule has 4 nitrogen and oxygen atoms in total. The van der Waals surface area contributed by atoms with E-state index in [1.807, 2.05) is 0 Å². The topological polar surface area (TPSA) is 45.5 Å². The highest BCUT2D eigenvalue weighted by atomic mass is 79.9. The number of piperidine rings is 1. The molecule has 1 aliphatic rings. The van der Waals surface area contributed by atoms with Crippen LogP contribution in [0.15, 0.2) is 45.5 Å². The number of hydrogen-bond acceptors (Lipinski definition) is 3. The van der Waals surface area contributed by atoms with Crippen molar-refractivity contribution in [1.29, 1.82) is 0 Å². The van der Waals surface area contributed by atoms with Crippen LogP contribution >= 0.6 is 15.9 Å². The quantitative estimate of drug-likeness (QED) is 0.858. The molecule has 1 aromatic carbocycles. The van der Waals surface area contributed by atoms with Crippen LogP contribution in [0, 0.1) is 0 Å². The standard InChI is InChI=1S/C18H21BrN2O2/c19-17-9-8-16(23-17)18(22)20-12-14-4-6-15(7-5-14)13-21-10-2-1-3-11-21/h4-9H,1-3,10-13H2,(H,20,22). The van der Waals surface area contributed by atoms with Crippen LogP contribution in [0.5, 0.6) is 0 Å². The van der Waals surface area contributed by atoms with E-state index in [9.17, 15) is 4.79 Å². The third-order valence-corrected chi connectivity index (χ3v) is 4.55. The van der Waals surface area contributed by atoms with E-state index < -0.39 is 0 Å². The summed E-state index contributed by atoms with van der Waals surface area (Å²) in [6, 6.07) is 11.8. The Bertz CT molecular complexity index is 645. The molecule has 1 aliphatic heterocycles. The Balaban J connectivity index is 1.50. The lowest BCUT2D eigenvalue weighted by Gasteiger charge is -2.26. The summed E-state index contributed by atoms with van der Waals surface area (Å²) in [5.41, 5.74) is 2.42. The van der Waals surface area contributed by atoms with Crippen LogP contribution in [0.3, 0.4) is 0 Å². The van der Waals surface area contributed by atoms with Gasteiger partial charge in [-0.05, 0) is 65.1 Å². The molecule has 3 rings (SSSR count). The van der Waals surface area contributed by atoms with Crippen molar-refractivity contribution < 1.29 is 9.21 Å². The van der Waals surface area contributed by atoms with Gasteiger partial charge in [0, 0.05) is 13.1 Å². The number of likely N-dealkylation sites (tertiary alicyclic amines) is 1. The van der Waals surface area contributed by atoms with Crippen LogP contribution in [0.1, 0.15) is 40.9 Å². The average Bonchev–Trinajstić information content (AvgIpc) is 3.01. The van der Waals surface area contributed by atoms with Gasteiger partial charge < -0.3 is 9.73 Å². The average molecular weight is 377 g/mol. The molecular formula is C18H21BrN2O2. The maximum Gasteiger partial charge on any atom is 0.287 e. The molecule has 1 saturated heterocycles. The maximum atomic E-state index is 11.9. The van der Waals surface area contributed by atoms with E-state index in [1.54, 1.807) is 12.1 Å². The molecule has 122 valence electrons. The third kappa shape index (κ3) is 4.69.